The zero-order valence-corrected chi connectivity index (χ0v) is 12.2. The fourth-order valence-corrected chi connectivity index (χ4v) is 3.01. The van der Waals surface area contributed by atoms with Gasteiger partial charge in [0, 0.05) is 6.04 Å². The summed E-state index contributed by atoms with van der Waals surface area (Å²) in [5, 5.41) is 31.6. The van der Waals surface area contributed by atoms with Crippen molar-refractivity contribution in [2.45, 2.75) is 43.5 Å². The number of nitrogens with one attached hydrogen (secondary N) is 1. The lowest BCUT2D eigenvalue weighted by Crippen LogP contribution is -2.64. The van der Waals surface area contributed by atoms with Gasteiger partial charge in [-0.15, -0.1) is 0 Å². The summed E-state index contributed by atoms with van der Waals surface area (Å²) in [7, 11) is 0. The molecule has 6 N–H and O–H groups in total. The molecule has 0 aliphatic carbocycles. The number of aryl methyl sites for hydroxylation is 1. The highest BCUT2D eigenvalue weighted by Gasteiger charge is 2.54. The summed E-state index contributed by atoms with van der Waals surface area (Å²) >= 11 is 0. The number of aliphatic hydroxyl groups is 1. The molecule has 1 aliphatic heterocycles. The Kier molecular flexibility index (Phi) is 4.50. The van der Waals surface area contributed by atoms with Gasteiger partial charge in [-0.05, 0) is 30.9 Å². The molecular formula is C15H20N2O5. The first-order chi connectivity index (χ1) is 10.3. The molecule has 1 aromatic rings. The number of aliphatic carboxylic acids is 2. The van der Waals surface area contributed by atoms with Crippen molar-refractivity contribution in [3.8, 4) is 0 Å². The van der Waals surface area contributed by atoms with Crippen molar-refractivity contribution in [2.75, 3.05) is 0 Å². The molecule has 1 saturated heterocycles. The van der Waals surface area contributed by atoms with E-state index < -0.39 is 29.6 Å². The van der Waals surface area contributed by atoms with Crippen molar-refractivity contribution < 1.29 is 24.9 Å². The molecule has 0 aromatic heterocycles. The van der Waals surface area contributed by atoms with Gasteiger partial charge >= 0.3 is 11.9 Å². The zero-order valence-electron chi connectivity index (χ0n) is 12.2. The maximum absolute atomic E-state index is 11.7. The fourth-order valence-electron chi connectivity index (χ4n) is 3.01. The van der Waals surface area contributed by atoms with E-state index in [1.54, 1.807) is 0 Å². The first-order valence-electron chi connectivity index (χ1n) is 7.02. The average molecular weight is 308 g/mol. The first kappa shape index (κ1) is 16.4. The lowest BCUT2D eigenvalue weighted by atomic mass is 9.86. The quantitative estimate of drug-likeness (QED) is 0.517. The molecular weight excluding hydrogens is 288 g/mol. The van der Waals surface area contributed by atoms with Gasteiger partial charge in [0.25, 0.3) is 0 Å². The molecule has 120 valence electrons. The molecule has 0 radical (unpaired) electrons. The van der Waals surface area contributed by atoms with Crippen LogP contribution in [0.15, 0.2) is 24.3 Å². The van der Waals surface area contributed by atoms with Crippen LogP contribution in [0.2, 0.25) is 0 Å². The third-order valence-corrected chi connectivity index (χ3v) is 4.33. The Balaban J connectivity index is 2.31. The van der Waals surface area contributed by atoms with Crippen molar-refractivity contribution in [3.05, 3.63) is 35.4 Å². The van der Waals surface area contributed by atoms with Gasteiger partial charge in [0.2, 0.25) is 0 Å². The second kappa shape index (κ2) is 6.04. The third kappa shape index (κ3) is 2.70. The Hall–Kier alpha value is -1.96. The number of hydrogen-bond acceptors (Lipinski definition) is 5. The molecule has 1 aliphatic rings. The Labute approximate surface area is 127 Å². The fraction of sp³-hybridized carbons (Fsp3) is 0.467. The lowest BCUT2D eigenvalue weighted by Gasteiger charge is -2.33. The number of hydrogen-bond donors (Lipinski definition) is 5. The number of rotatable bonds is 5. The van der Waals surface area contributed by atoms with Gasteiger partial charge in [-0.1, -0.05) is 24.3 Å². The summed E-state index contributed by atoms with van der Waals surface area (Å²) in [5.74, 6) is -2.73. The van der Waals surface area contributed by atoms with Crippen molar-refractivity contribution in [3.63, 3.8) is 0 Å². The average Bonchev–Trinajstić information content (AvgIpc) is 2.92. The van der Waals surface area contributed by atoms with Crippen LogP contribution < -0.4 is 11.1 Å². The van der Waals surface area contributed by atoms with Gasteiger partial charge in [0.15, 0.2) is 0 Å². The van der Waals surface area contributed by atoms with Crippen LogP contribution in [0.5, 0.6) is 0 Å². The Morgan fingerprint density at radius 2 is 2.00 bits per heavy atom. The van der Waals surface area contributed by atoms with Gasteiger partial charge in [-0.3, -0.25) is 14.9 Å². The highest BCUT2D eigenvalue weighted by atomic mass is 16.4. The van der Waals surface area contributed by atoms with E-state index in [1.165, 1.54) is 0 Å². The maximum atomic E-state index is 11.7. The summed E-state index contributed by atoms with van der Waals surface area (Å²) in [6.45, 7) is 1.91. The predicted octanol–water partition coefficient (Wildman–Crippen LogP) is 0.0157. The molecule has 4 atom stereocenters. The zero-order chi connectivity index (χ0) is 16.5. The van der Waals surface area contributed by atoms with E-state index in [9.17, 15) is 19.8 Å². The largest absolute Gasteiger partial charge is 0.480 e. The second-order valence-corrected chi connectivity index (χ2v) is 5.68. The van der Waals surface area contributed by atoms with E-state index in [-0.39, 0.29) is 12.5 Å². The minimum atomic E-state index is -1.76. The van der Waals surface area contributed by atoms with E-state index in [4.69, 9.17) is 10.8 Å². The topological polar surface area (TPSA) is 133 Å². The van der Waals surface area contributed by atoms with Crippen LogP contribution in [-0.4, -0.2) is 44.9 Å². The molecule has 7 nitrogen and oxygen atoms in total. The van der Waals surface area contributed by atoms with E-state index in [0.29, 0.717) is 6.42 Å². The number of aliphatic hydroxyl groups excluding tert-OH is 1. The number of benzene rings is 1. The minimum Gasteiger partial charge on any atom is -0.480 e. The second-order valence-electron chi connectivity index (χ2n) is 5.68. The summed E-state index contributed by atoms with van der Waals surface area (Å²) in [5.41, 5.74) is 5.60. The molecule has 1 aromatic carbocycles. The number of carbonyl (C=O) groups is 2. The van der Waals surface area contributed by atoms with Crippen molar-refractivity contribution in [1.82, 2.24) is 5.32 Å². The molecule has 1 fully saturated rings. The van der Waals surface area contributed by atoms with Gasteiger partial charge in [-0.2, -0.15) is 0 Å². The van der Waals surface area contributed by atoms with E-state index >= 15 is 0 Å². The molecule has 0 unspecified atom stereocenters. The Bertz CT molecular complexity index is 591. The summed E-state index contributed by atoms with van der Waals surface area (Å²) in [6.07, 6.45) is -1.15. The van der Waals surface area contributed by atoms with Crippen LogP contribution in [0.25, 0.3) is 0 Å². The summed E-state index contributed by atoms with van der Waals surface area (Å²) in [4.78, 5) is 22.6. The van der Waals surface area contributed by atoms with Crippen LogP contribution in [0, 0.1) is 6.92 Å². The highest BCUT2D eigenvalue weighted by Crippen LogP contribution is 2.37. The van der Waals surface area contributed by atoms with Crippen molar-refractivity contribution >= 4 is 11.9 Å². The Morgan fingerprint density at radius 1 is 1.36 bits per heavy atom. The molecule has 0 amide bonds. The molecule has 2 rings (SSSR count). The summed E-state index contributed by atoms with van der Waals surface area (Å²) < 4.78 is 0. The molecule has 0 spiro atoms. The first-order valence-corrected chi connectivity index (χ1v) is 7.02. The Morgan fingerprint density at radius 3 is 2.55 bits per heavy atom. The van der Waals surface area contributed by atoms with E-state index in [0.717, 1.165) is 11.1 Å². The third-order valence-electron chi connectivity index (χ3n) is 4.33. The number of carboxylic acid groups (broad SMARTS) is 2. The van der Waals surface area contributed by atoms with Crippen LogP contribution >= 0.6 is 0 Å². The molecule has 0 saturated carbocycles. The smallest absolute Gasteiger partial charge is 0.326 e. The van der Waals surface area contributed by atoms with Crippen LogP contribution in [0.4, 0.5) is 0 Å². The van der Waals surface area contributed by atoms with Gasteiger partial charge in [0.1, 0.15) is 17.7 Å². The monoisotopic (exact) mass is 308 g/mol. The van der Waals surface area contributed by atoms with Crippen LogP contribution in [0.3, 0.4) is 0 Å². The number of carboxylic acids is 2. The van der Waals surface area contributed by atoms with Gasteiger partial charge in [-0.25, -0.2) is 0 Å². The van der Waals surface area contributed by atoms with Crippen LogP contribution in [0.1, 0.15) is 30.0 Å². The molecule has 0 bridgehead atoms. The lowest BCUT2D eigenvalue weighted by molar-refractivity contribution is -0.153. The minimum absolute atomic E-state index is 0.101. The number of nitrogens with two attached hydrogens (primary N) is 1. The van der Waals surface area contributed by atoms with Gasteiger partial charge < -0.3 is 21.1 Å². The van der Waals surface area contributed by atoms with E-state index in [1.807, 2.05) is 31.2 Å². The van der Waals surface area contributed by atoms with Crippen molar-refractivity contribution in [1.29, 1.82) is 0 Å². The van der Waals surface area contributed by atoms with Crippen molar-refractivity contribution in [2.24, 2.45) is 5.73 Å². The van der Waals surface area contributed by atoms with Crippen LogP contribution in [-0.2, 0) is 9.59 Å². The summed E-state index contributed by atoms with van der Waals surface area (Å²) in [6, 6.07) is 5.59. The molecule has 1 heterocycles. The standard InChI is InChI=1S/C15H20N2O5/c1-8-4-2-3-5-9(8)10-6-7-15(17-10,14(21)22)12(18)11(16)13(19)20/h2-5,10-12,17-18H,6-7,16H2,1H3,(H,19,20)(H,21,22)/t10-,11-,12+,15-/m1/s1. The normalized spacial score (nSPS) is 27.3. The van der Waals surface area contributed by atoms with Gasteiger partial charge in [0.05, 0.1) is 0 Å². The maximum Gasteiger partial charge on any atom is 0.326 e. The molecule has 22 heavy (non-hydrogen) atoms. The predicted molar refractivity (Wildman–Crippen MR) is 78.3 cm³/mol. The highest BCUT2D eigenvalue weighted by molar-refractivity contribution is 5.83. The molecule has 7 heteroatoms. The van der Waals surface area contributed by atoms with E-state index in [2.05, 4.69) is 5.32 Å². The SMILES string of the molecule is Cc1ccccc1[C@H]1CC[C@](C(=O)O)([C@@H](O)[C@@H](N)C(=O)O)N1.